The summed E-state index contributed by atoms with van der Waals surface area (Å²) < 4.78 is 35.6. The number of hydrogen-bond acceptors (Lipinski definition) is 4. The summed E-state index contributed by atoms with van der Waals surface area (Å²) >= 11 is 0. The molecule has 1 atom stereocenters. The van der Waals surface area contributed by atoms with Gasteiger partial charge in [0.05, 0.1) is 4.90 Å². The first-order valence-electron chi connectivity index (χ1n) is 3.85. The van der Waals surface area contributed by atoms with E-state index in [-0.39, 0.29) is 10.6 Å². The molecule has 0 spiro atoms. The highest BCUT2D eigenvalue weighted by Crippen LogP contribution is 2.19. The predicted molar refractivity (Wildman–Crippen MR) is 49.2 cm³/mol. The first-order chi connectivity index (χ1) is 6.48. The van der Waals surface area contributed by atoms with Gasteiger partial charge in [0.1, 0.15) is 5.75 Å². The zero-order chi connectivity index (χ0) is 10.8. The first kappa shape index (κ1) is 10.9. The van der Waals surface area contributed by atoms with Crippen molar-refractivity contribution in [1.29, 1.82) is 0 Å². The van der Waals surface area contributed by atoms with Gasteiger partial charge in [0.15, 0.2) is 0 Å². The molecule has 1 rings (SSSR count). The maximum Gasteiger partial charge on any atom is 0.217 e. The first-order valence-corrected chi connectivity index (χ1v) is 5.40. The minimum atomic E-state index is -4.01. The van der Waals surface area contributed by atoms with Gasteiger partial charge in [0.25, 0.3) is 0 Å². The van der Waals surface area contributed by atoms with E-state index in [0.717, 1.165) is 12.1 Å². The average molecular weight is 219 g/mol. The van der Waals surface area contributed by atoms with Crippen LogP contribution in [0, 0.1) is 0 Å². The SMILES string of the molecule is NCC(F)S(=O)(=O)c1ccc(O)cc1. The topological polar surface area (TPSA) is 80.4 Å². The van der Waals surface area contributed by atoms with Crippen molar-refractivity contribution in [2.24, 2.45) is 5.73 Å². The standard InChI is InChI=1S/C8H10FNO3S/c9-8(5-10)14(12,13)7-3-1-6(11)2-4-7/h1-4,8,11H,5,10H2. The fraction of sp³-hybridized carbons (Fsp3) is 0.250. The van der Waals surface area contributed by atoms with Gasteiger partial charge in [-0.25, -0.2) is 12.8 Å². The number of alkyl halides is 1. The van der Waals surface area contributed by atoms with E-state index in [1.807, 2.05) is 0 Å². The molecule has 0 saturated heterocycles. The second-order valence-electron chi connectivity index (χ2n) is 2.68. The molecule has 1 aromatic carbocycles. The largest absolute Gasteiger partial charge is 0.508 e. The number of hydrogen-bond donors (Lipinski definition) is 2. The molecule has 0 fully saturated rings. The van der Waals surface area contributed by atoms with E-state index in [1.54, 1.807) is 0 Å². The number of phenols is 1. The lowest BCUT2D eigenvalue weighted by Crippen LogP contribution is -2.25. The van der Waals surface area contributed by atoms with Gasteiger partial charge in [0, 0.05) is 6.54 Å². The van der Waals surface area contributed by atoms with Crippen molar-refractivity contribution in [3.8, 4) is 5.75 Å². The lowest BCUT2D eigenvalue weighted by molar-refractivity contribution is 0.425. The molecular formula is C8H10FNO3S. The van der Waals surface area contributed by atoms with Crippen molar-refractivity contribution in [2.45, 2.75) is 10.4 Å². The molecule has 6 heteroatoms. The number of halogens is 1. The maximum absolute atomic E-state index is 12.9. The van der Waals surface area contributed by atoms with Crippen molar-refractivity contribution in [3.63, 3.8) is 0 Å². The highest BCUT2D eigenvalue weighted by Gasteiger charge is 2.25. The highest BCUT2D eigenvalue weighted by molar-refractivity contribution is 7.92. The Hall–Kier alpha value is -1.14. The third kappa shape index (κ3) is 2.02. The summed E-state index contributed by atoms with van der Waals surface area (Å²) in [6.07, 6.45) is 0. The Kier molecular flexibility index (Phi) is 3.07. The quantitative estimate of drug-likeness (QED) is 0.772. The number of nitrogens with two attached hydrogens (primary N) is 1. The third-order valence-corrected chi connectivity index (χ3v) is 3.48. The van der Waals surface area contributed by atoms with Crippen LogP contribution in [0.15, 0.2) is 29.2 Å². The number of sulfone groups is 1. The van der Waals surface area contributed by atoms with E-state index in [1.165, 1.54) is 12.1 Å². The van der Waals surface area contributed by atoms with Crippen LogP contribution in [0.1, 0.15) is 0 Å². The van der Waals surface area contributed by atoms with Crippen LogP contribution in [0.25, 0.3) is 0 Å². The monoisotopic (exact) mass is 219 g/mol. The minimum Gasteiger partial charge on any atom is -0.508 e. The van der Waals surface area contributed by atoms with Crippen LogP contribution in [-0.4, -0.2) is 25.6 Å². The van der Waals surface area contributed by atoms with Crippen LogP contribution in [0.5, 0.6) is 5.75 Å². The molecule has 0 aliphatic heterocycles. The molecule has 78 valence electrons. The summed E-state index contributed by atoms with van der Waals surface area (Å²) in [5.41, 5.74) is 2.82. The Morgan fingerprint density at radius 3 is 2.29 bits per heavy atom. The fourth-order valence-electron chi connectivity index (χ4n) is 0.910. The molecule has 0 aliphatic carbocycles. The maximum atomic E-state index is 12.9. The Morgan fingerprint density at radius 1 is 1.36 bits per heavy atom. The molecule has 0 radical (unpaired) electrons. The molecule has 0 bridgehead atoms. The summed E-state index contributed by atoms with van der Waals surface area (Å²) in [5.74, 6) is -0.0768. The number of rotatable bonds is 3. The van der Waals surface area contributed by atoms with Gasteiger partial charge in [-0.2, -0.15) is 0 Å². The van der Waals surface area contributed by atoms with Crippen LogP contribution >= 0.6 is 0 Å². The smallest absolute Gasteiger partial charge is 0.217 e. The molecule has 4 nitrogen and oxygen atoms in total. The molecule has 0 heterocycles. The average Bonchev–Trinajstić information content (AvgIpc) is 2.17. The van der Waals surface area contributed by atoms with Crippen LogP contribution in [-0.2, 0) is 9.84 Å². The van der Waals surface area contributed by atoms with Crippen LogP contribution in [0.2, 0.25) is 0 Å². The molecule has 1 aromatic rings. The van der Waals surface area contributed by atoms with E-state index in [4.69, 9.17) is 10.8 Å². The van der Waals surface area contributed by atoms with E-state index in [2.05, 4.69) is 0 Å². The van der Waals surface area contributed by atoms with Crippen molar-refractivity contribution >= 4 is 9.84 Å². The summed E-state index contributed by atoms with van der Waals surface area (Å²) in [6, 6.07) is 4.62. The summed E-state index contributed by atoms with van der Waals surface area (Å²) in [5, 5.41) is 8.90. The van der Waals surface area contributed by atoms with E-state index in [9.17, 15) is 12.8 Å². The second kappa shape index (κ2) is 3.93. The Bertz CT molecular complexity index is 401. The predicted octanol–water partition coefficient (Wildman–Crippen LogP) is 0.420. The van der Waals surface area contributed by atoms with E-state index in [0.29, 0.717) is 0 Å². The van der Waals surface area contributed by atoms with Gasteiger partial charge in [-0.1, -0.05) is 0 Å². The molecule has 0 saturated carbocycles. The van der Waals surface area contributed by atoms with Gasteiger partial charge >= 0.3 is 0 Å². The third-order valence-electron chi connectivity index (χ3n) is 1.69. The molecule has 1 unspecified atom stereocenters. The summed E-state index contributed by atoms with van der Waals surface area (Å²) in [7, 11) is -4.01. The van der Waals surface area contributed by atoms with Crippen LogP contribution in [0.3, 0.4) is 0 Å². The minimum absolute atomic E-state index is 0.0768. The highest BCUT2D eigenvalue weighted by atomic mass is 32.2. The molecule has 0 amide bonds. The van der Waals surface area contributed by atoms with Crippen molar-refractivity contribution in [2.75, 3.05) is 6.54 Å². The molecule has 0 aliphatic rings. The normalized spacial score (nSPS) is 13.9. The molecule has 3 N–H and O–H groups in total. The second-order valence-corrected chi connectivity index (χ2v) is 4.76. The lowest BCUT2D eigenvalue weighted by Gasteiger charge is -2.07. The fourth-order valence-corrected chi connectivity index (χ4v) is 1.97. The van der Waals surface area contributed by atoms with Crippen molar-refractivity contribution in [1.82, 2.24) is 0 Å². The number of aromatic hydroxyl groups is 1. The Morgan fingerprint density at radius 2 is 1.86 bits per heavy atom. The van der Waals surface area contributed by atoms with Gasteiger partial charge < -0.3 is 10.8 Å². The lowest BCUT2D eigenvalue weighted by atomic mass is 10.3. The molecule has 0 aromatic heterocycles. The Balaban J connectivity index is 3.11. The van der Waals surface area contributed by atoms with Crippen LogP contribution in [0.4, 0.5) is 4.39 Å². The van der Waals surface area contributed by atoms with Gasteiger partial charge in [-0.3, -0.25) is 0 Å². The summed E-state index contributed by atoms with van der Waals surface area (Å²) in [4.78, 5) is -0.187. The van der Waals surface area contributed by atoms with Crippen LogP contribution < -0.4 is 5.73 Å². The zero-order valence-electron chi connectivity index (χ0n) is 7.22. The Labute approximate surface area is 81.1 Å². The van der Waals surface area contributed by atoms with Crippen molar-refractivity contribution < 1.29 is 17.9 Å². The number of benzene rings is 1. The van der Waals surface area contributed by atoms with Gasteiger partial charge in [-0.05, 0) is 24.3 Å². The van der Waals surface area contributed by atoms with Crippen molar-refractivity contribution in [3.05, 3.63) is 24.3 Å². The molecule has 14 heavy (non-hydrogen) atoms. The summed E-state index contributed by atoms with van der Waals surface area (Å²) in [6.45, 7) is -0.580. The zero-order valence-corrected chi connectivity index (χ0v) is 8.04. The van der Waals surface area contributed by atoms with Gasteiger partial charge in [-0.15, -0.1) is 0 Å². The van der Waals surface area contributed by atoms with E-state index < -0.39 is 21.9 Å². The molecular weight excluding hydrogens is 209 g/mol. The van der Waals surface area contributed by atoms with E-state index >= 15 is 0 Å². The number of phenolic OH excluding ortho intramolecular Hbond substituents is 1. The van der Waals surface area contributed by atoms with Gasteiger partial charge in [0.2, 0.25) is 15.3 Å².